The average Bonchev–Trinajstić information content (AvgIpc) is 1.32. The Morgan fingerprint density at radius 1 is 0.385 bits per heavy atom. The molecule has 0 bridgehead atoms. The van der Waals surface area contributed by atoms with Gasteiger partial charge in [0.15, 0.2) is 0 Å². The number of hydrogen-bond acceptors (Lipinski definition) is 26. The summed E-state index contributed by atoms with van der Waals surface area (Å²) in [7, 11) is 12.2. The Morgan fingerprint density at radius 2 is 0.713 bits per heavy atom. The Labute approximate surface area is 723 Å². The quantitative estimate of drug-likeness (QED) is 0.0580. The van der Waals surface area contributed by atoms with Crippen molar-refractivity contribution >= 4 is 96.4 Å². The third-order valence-electron chi connectivity index (χ3n) is 23.2. The molecule has 1 N–H and O–H groups in total. The lowest BCUT2D eigenvalue weighted by Gasteiger charge is -2.37. The number of morpholine rings is 5. The number of carbonyl (C=O) groups is 5. The molecule has 9 aliphatic heterocycles. The lowest BCUT2D eigenvalue weighted by molar-refractivity contribution is -0.130. The fourth-order valence-corrected chi connectivity index (χ4v) is 16.7. The molecule has 122 heavy (non-hydrogen) atoms. The number of benzene rings is 5. The molecule has 0 aliphatic carbocycles. The van der Waals surface area contributed by atoms with Gasteiger partial charge in [-0.05, 0) is 110 Å². The summed E-state index contributed by atoms with van der Waals surface area (Å²) in [6, 6.07) is 30.5. The van der Waals surface area contributed by atoms with Gasteiger partial charge < -0.3 is 102 Å². The number of rotatable bonds is 28. The standard InChI is InChI=1S/C20H30N4O3.C19H29N3O4.C18H27N3O4.C18H27N3O2.C14H22N2O4S/c1-21(2)20(26)14-22-9-11-23(12-10-22)18-7-6-17(13-16(18)15-27-3)24-8-4-5-19(24)25;1-20(19(23)14-21-5-9-25-10-6-21)17-3-4-18(16(13-17)15-24-2)22-7-11-26-12-8-22;1-23-14-15-12-16(2-3-17(15)21-6-10-25-11-7-21)19-18(22)13-20-4-8-24-9-5-20;1-3-19-9-11-20(12-10-19)17-7-6-16(13-15(17)14-23-2)21-8-4-5-18(21)22;1-15(21(3,17)18)13-4-5-14(12(10-13)11-19-2)16-6-8-20-9-7-16/h6-7,13H,4-5,8-12,14-15H2,1-3H3;3-4,13H,5-12,14-15H2,1-2H3;2-3,12H,4-11,13-14H2,1H3,(H,19,22);6-7,13H,3-5,8-12,14H2,1-2H3;4-5,10H,6-9,11H2,1-3H3. The van der Waals surface area contributed by atoms with Crippen LogP contribution < -0.4 is 48.8 Å². The zero-order chi connectivity index (χ0) is 86.9. The second-order valence-corrected chi connectivity index (χ2v) is 33.9. The van der Waals surface area contributed by atoms with E-state index in [0.29, 0.717) is 111 Å². The molecule has 0 aromatic heterocycles. The van der Waals surface area contributed by atoms with E-state index in [1.165, 1.54) is 21.8 Å². The van der Waals surface area contributed by atoms with Gasteiger partial charge in [-0.25, -0.2) is 8.42 Å². The molecule has 5 aromatic rings. The summed E-state index contributed by atoms with van der Waals surface area (Å²) in [6.07, 6.45) is 4.38. The number of anilines is 10. The first-order chi connectivity index (χ1) is 59.1. The Hall–Kier alpha value is -8.36. The van der Waals surface area contributed by atoms with Gasteiger partial charge in [0.1, 0.15) is 0 Å². The monoisotopic (exact) mass is 1720 g/mol. The van der Waals surface area contributed by atoms with Crippen LogP contribution in [0, 0.1) is 0 Å². The highest BCUT2D eigenvalue weighted by molar-refractivity contribution is 7.92. The zero-order valence-corrected chi connectivity index (χ0v) is 75.0. The van der Waals surface area contributed by atoms with Gasteiger partial charge >= 0.3 is 0 Å². The summed E-state index contributed by atoms with van der Waals surface area (Å²) in [5, 5.41) is 3.00. The summed E-state index contributed by atoms with van der Waals surface area (Å²) in [5.74, 6) is 0.671. The van der Waals surface area contributed by atoms with Crippen LogP contribution in [-0.2, 0) is 114 Å². The van der Waals surface area contributed by atoms with Crippen LogP contribution >= 0.6 is 0 Å². The maximum Gasteiger partial charge on any atom is 0.240 e. The molecule has 32 nitrogen and oxygen atoms in total. The minimum atomic E-state index is -3.27. The van der Waals surface area contributed by atoms with Crippen molar-refractivity contribution < 1.29 is 79.8 Å². The van der Waals surface area contributed by atoms with Gasteiger partial charge in [-0.15, -0.1) is 0 Å². The normalized spacial score (nSPS) is 18.4. The Morgan fingerprint density at radius 3 is 1.09 bits per heavy atom. The van der Waals surface area contributed by atoms with Crippen LogP contribution in [0.5, 0.6) is 0 Å². The van der Waals surface area contributed by atoms with Gasteiger partial charge in [0.05, 0.1) is 131 Å². The Kier molecular flexibility index (Phi) is 38.8. The molecular weight excluding hydrogens is 1580 g/mol. The molecule has 14 rings (SSSR count). The molecule has 5 aromatic carbocycles. The van der Waals surface area contributed by atoms with Crippen LogP contribution in [0.25, 0.3) is 0 Å². The largest absolute Gasteiger partial charge is 0.380 e. The molecule has 9 saturated heterocycles. The third-order valence-corrected chi connectivity index (χ3v) is 24.4. The van der Waals surface area contributed by atoms with E-state index < -0.39 is 10.0 Å². The molecular formula is C89H135N15O17S. The van der Waals surface area contributed by atoms with E-state index in [0.717, 1.165) is 244 Å². The molecule has 33 heteroatoms. The summed E-state index contributed by atoms with van der Waals surface area (Å²) in [4.78, 5) is 88.6. The highest BCUT2D eigenvalue weighted by atomic mass is 32.2. The van der Waals surface area contributed by atoms with Crippen molar-refractivity contribution in [1.29, 1.82) is 0 Å². The minimum Gasteiger partial charge on any atom is -0.380 e. The van der Waals surface area contributed by atoms with Crippen LogP contribution in [0.15, 0.2) is 91.0 Å². The minimum absolute atomic E-state index is 0.00406. The van der Waals surface area contributed by atoms with Crippen molar-refractivity contribution in [3.63, 3.8) is 0 Å². The summed E-state index contributed by atoms with van der Waals surface area (Å²) >= 11 is 0. The fraction of sp³-hybridized carbons (Fsp3) is 0.607. The van der Waals surface area contributed by atoms with Crippen LogP contribution in [0.2, 0.25) is 0 Å². The van der Waals surface area contributed by atoms with Crippen molar-refractivity contribution in [3.8, 4) is 0 Å². The SMILES string of the molecule is CCN1CCN(c2ccc(N3CCCC3=O)cc2COC)CC1.COCc1cc(N(C)C(=O)CN2CCOCC2)ccc1N1CCOCC1.COCc1cc(N(C)S(C)(=O)=O)ccc1N1CCOCC1.COCc1cc(N2CCCC2=O)ccc1N1CCN(CC(=O)N(C)C)CC1.COCc1cc(NC(=O)CN2CCOCC2)ccc1N1CCOCC1. The maximum atomic E-state index is 12.7. The highest BCUT2D eigenvalue weighted by Gasteiger charge is 2.30. The third kappa shape index (κ3) is 28.3. The van der Waals surface area contributed by atoms with E-state index in [-0.39, 0.29) is 29.5 Å². The molecule has 9 heterocycles. The maximum absolute atomic E-state index is 12.7. The van der Waals surface area contributed by atoms with Crippen LogP contribution in [0.4, 0.5) is 56.9 Å². The fourth-order valence-electron chi connectivity index (χ4n) is 16.2. The molecule has 5 amide bonds. The van der Waals surface area contributed by atoms with Gasteiger partial charge in [0.25, 0.3) is 0 Å². The molecule has 0 radical (unpaired) electrons. The second kappa shape index (κ2) is 49.4. The number of likely N-dealkylation sites (N-methyl/N-ethyl adjacent to an activating group) is 3. The zero-order valence-electron chi connectivity index (χ0n) is 74.2. The number of nitrogens with zero attached hydrogens (tertiary/aromatic N) is 14. The van der Waals surface area contributed by atoms with Crippen molar-refractivity contribution in [2.45, 2.75) is 65.6 Å². The van der Waals surface area contributed by atoms with Gasteiger partial charge in [0, 0.05) is 286 Å². The summed E-state index contributed by atoms with van der Waals surface area (Å²) < 4.78 is 78.3. The Balaban J connectivity index is 0.000000160. The number of carbonyl (C=O) groups excluding carboxylic acids is 5. The van der Waals surface area contributed by atoms with Gasteiger partial charge in [-0.2, -0.15) is 0 Å². The van der Waals surface area contributed by atoms with Crippen LogP contribution in [-0.4, -0.2) is 356 Å². The molecule has 674 valence electrons. The van der Waals surface area contributed by atoms with Crippen molar-refractivity contribution in [1.82, 2.24) is 24.5 Å². The molecule has 0 saturated carbocycles. The second-order valence-electron chi connectivity index (χ2n) is 31.8. The topological polar surface area (TPSA) is 269 Å². The van der Waals surface area contributed by atoms with Gasteiger partial charge in [-0.1, -0.05) is 6.92 Å². The van der Waals surface area contributed by atoms with E-state index in [9.17, 15) is 32.4 Å². The predicted molar refractivity (Wildman–Crippen MR) is 480 cm³/mol. The first-order valence-electron chi connectivity index (χ1n) is 43.0. The number of ether oxygens (including phenoxy) is 10. The number of methoxy groups -OCH3 is 5. The van der Waals surface area contributed by atoms with E-state index in [1.54, 1.807) is 66.5 Å². The Bertz CT molecular complexity index is 4220. The average molecular weight is 1720 g/mol. The van der Waals surface area contributed by atoms with E-state index >= 15 is 0 Å². The molecule has 0 atom stereocenters. The first-order valence-corrected chi connectivity index (χ1v) is 44.9. The first kappa shape index (κ1) is 95.9. The smallest absolute Gasteiger partial charge is 0.240 e. The van der Waals surface area contributed by atoms with Crippen molar-refractivity contribution in [2.24, 2.45) is 0 Å². The van der Waals surface area contributed by atoms with Gasteiger partial charge in [-0.3, -0.25) is 43.0 Å². The lowest BCUT2D eigenvalue weighted by Crippen LogP contribution is -2.49. The predicted octanol–water partition coefficient (Wildman–Crippen LogP) is 6.24. The van der Waals surface area contributed by atoms with E-state index in [2.05, 4.69) is 105 Å². The van der Waals surface area contributed by atoms with Crippen LogP contribution in [0.3, 0.4) is 0 Å². The van der Waals surface area contributed by atoms with Gasteiger partial charge in [0.2, 0.25) is 39.6 Å². The number of amides is 5. The van der Waals surface area contributed by atoms with Crippen molar-refractivity contribution in [3.05, 3.63) is 119 Å². The molecule has 9 fully saturated rings. The molecule has 9 aliphatic rings. The van der Waals surface area contributed by atoms with Crippen LogP contribution in [0.1, 0.15) is 60.4 Å². The van der Waals surface area contributed by atoms with E-state index in [1.807, 2.05) is 59.3 Å². The molecule has 0 unspecified atom stereocenters. The number of piperazine rings is 2. The number of sulfonamides is 1. The van der Waals surface area contributed by atoms with Crippen molar-refractivity contribution in [2.75, 3.05) is 342 Å². The number of nitrogens with one attached hydrogen (secondary N) is 1. The summed E-state index contributed by atoms with van der Waals surface area (Å²) in [6.45, 7) is 32.2. The van der Waals surface area contributed by atoms with E-state index in [4.69, 9.17) is 47.4 Å². The summed E-state index contributed by atoms with van der Waals surface area (Å²) in [5.41, 5.74) is 15.5. The lowest BCUT2D eigenvalue weighted by atomic mass is 10.1. The molecule has 0 spiro atoms. The number of hydrogen-bond donors (Lipinski definition) is 1. The highest BCUT2D eigenvalue weighted by Crippen LogP contribution is 2.35.